The van der Waals surface area contributed by atoms with E-state index >= 15 is 0 Å². The molecule has 4 fully saturated rings. The molecular formula is C30H48O. The highest BCUT2D eigenvalue weighted by atomic mass is 16.3. The molecule has 4 saturated carbocycles. The number of rotatable bonds is 6. The van der Waals surface area contributed by atoms with Gasteiger partial charge in [0.2, 0.25) is 0 Å². The summed E-state index contributed by atoms with van der Waals surface area (Å²) in [6.07, 6.45) is 18.0. The summed E-state index contributed by atoms with van der Waals surface area (Å²) < 4.78 is 0. The van der Waals surface area contributed by atoms with Crippen LogP contribution < -0.4 is 0 Å². The zero-order valence-electron chi connectivity index (χ0n) is 21.2. The lowest BCUT2D eigenvalue weighted by Crippen LogP contribution is -2.36. The third-order valence-corrected chi connectivity index (χ3v) is 10.6. The molecule has 0 aromatic heterocycles. The molecule has 1 nitrogen and oxygen atoms in total. The molecule has 0 amide bonds. The Bertz CT molecular complexity index is 751. The van der Waals surface area contributed by atoms with Crippen LogP contribution in [0.3, 0.4) is 0 Å². The van der Waals surface area contributed by atoms with Crippen LogP contribution in [0.4, 0.5) is 0 Å². The Hall–Kier alpha value is -0.820. The first-order chi connectivity index (χ1) is 14.5. The first-order valence-electron chi connectivity index (χ1n) is 13.2. The summed E-state index contributed by atoms with van der Waals surface area (Å²) >= 11 is 0. The summed E-state index contributed by atoms with van der Waals surface area (Å²) in [5, 5.41) is 10.4. The van der Waals surface area contributed by atoms with E-state index in [0.717, 1.165) is 17.8 Å². The highest BCUT2D eigenvalue weighted by Gasteiger charge is 2.62. The van der Waals surface area contributed by atoms with Gasteiger partial charge in [0.15, 0.2) is 0 Å². The Morgan fingerprint density at radius 1 is 1.13 bits per heavy atom. The summed E-state index contributed by atoms with van der Waals surface area (Å²) in [5.74, 6) is 3.88. The van der Waals surface area contributed by atoms with Crippen LogP contribution >= 0.6 is 0 Å². The van der Waals surface area contributed by atoms with E-state index in [9.17, 15) is 5.11 Å². The number of fused-ring (bicyclic) bond motifs is 2. The largest absolute Gasteiger partial charge is 0.396 e. The van der Waals surface area contributed by atoms with Gasteiger partial charge in [-0.1, -0.05) is 77.5 Å². The molecule has 0 saturated heterocycles. The molecule has 0 aliphatic heterocycles. The average molecular weight is 425 g/mol. The van der Waals surface area contributed by atoms with E-state index in [-0.39, 0.29) is 5.41 Å². The van der Waals surface area contributed by atoms with Crippen molar-refractivity contribution in [1.82, 2.24) is 0 Å². The Morgan fingerprint density at radius 2 is 1.87 bits per heavy atom. The predicted molar refractivity (Wildman–Crippen MR) is 133 cm³/mol. The first kappa shape index (κ1) is 23.3. The fourth-order valence-electron chi connectivity index (χ4n) is 7.97. The molecular weight excluding hydrogens is 376 g/mol. The van der Waals surface area contributed by atoms with Crippen molar-refractivity contribution in [3.63, 3.8) is 0 Å². The molecule has 1 heteroatoms. The lowest BCUT2D eigenvalue weighted by atomic mass is 9.60. The predicted octanol–water partition coefficient (Wildman–Crippen LogP) is 7.97. The monoisotopic (exact) mass is 424 g/mol. The molecule has 31 heavy (non-hydrogen) atoms. The Morgan fingerprint density at radius 3 is 2.45 bits per heavy atom. The van der Waals surface area contributed by atoms with Crippen LogP contribution in [0.5, 0.6) is 0 Å². The van der Waals surface area contributed by atoms with Crippen molar-refractivity contribution in [2.75, 3.05) is 6.61 Å². The van der Waals surface area contributed by atoms with E-state index in [4.69, 9.17) is 0 Å². The standard InChI is InChI=1S/C30H48O/c1-20(10-11-21(2)28(4,5)6)26-14-15-27-23(9-8-16-29(26,27)7)17-25(19-31)30-18-24(30)13-12-22(30)3/h10-11,17,20-21,24-27,31H,3,8-9,12-16,18-19H2,1-2,4-7H3/b11-10+,23-17+/t20-,21+,24-,25+,26-,27+,29-,30+/m1/s1. The molecule has 0 heterocycles. The van der Waals surface area contributed by atoms with Crippen molar-refractivity contribution in [2.45, 2.75) is 92.9 Å². The van der Waals surface area contributed by atoms with Gasteiger partial charge in [-0.2, -0.15) is 0 Å². The van der Waals surface area contributed by atoms with Crippen LogP contribution in [0.25, 0.3) is 0 Å². The highest BCUT2D eigenvalue weighted by Crippen LogP contribution is 2.70. The van der Waals surface area contributed by atoms with Crippen molar-refractivity contribution in [2.24, 2.45) is 51.8 Å². The van der Waals surface area contributed by atoms with Gasteiger partial charge < -0.3 is 5.11 Å². The van der Waals surface area contributed by atoms with E-state index in [2.05, 4.69) is 66.3 Å². The summed E-state index contributed by atoms with van der Waals surface area (Å²) in [6.45, 7) is 19.2. The Labute approximate surface area is 192 Å². The summed E-state index contributed by atoms with van der Waals surface area (Å²) in [7, 11) is 0. The molecule has 4 aliphatic carbocycles. The molecule has 174 valence electrons. The van der Waals surface area contributed by atoms with E-state index in [1.54, 1.807) is 5.57 Å². The minimum Gasteiger partial charge on any atom is -0.396 e. The van der Waals surface area contributed by atoms with Gasteiger partial charge in [-0.3, -0.25) is 0 Å². The van der Waals surface area contributed by atoms with Crippen LogP contribution in [0, 0.1) is 51.8 Å². The Kier molecular flexibility index (Phi) is 6.17. The molecule has 4 aliphatic rings. The van der Waals surface area contributed by atoms with Crippen molar-refractivity contribution in [3.05, 3.63) is 36.0 Å². The van der Waals surface area contributed by atoms with E-state index < -0.39 is 0 Å². The van der Waals surface area contributed by atoms with Gasteiger partial charge in [-0.25, -0.2) is 0 Å². The van der Waals surface area contributed by atoms with Gasteiger partial charge in [0, 0.05) is 11.3 Å². The normalized spacial score (nSPS) is 42.0. The quantitative estimate of drug-likeness (QED) is 0.429. The highest BCUT2D eigenvalue weighted by molar-refractivity contribution is 5.34. The van der Waals surface area contributed by atoms with E-state index in [1.807, 2.05) is 0 Å². The molecule has 0 radical (unpaired) electrons. The maximum Gasteiger partial charge on any atom is 0.0502 e. The lowest BCUT2D eigenvalue weighted by Gasteiger charge is -2.44. The summed E-state index contributed by atoms with van der Waals surface area (Å²) in [4.78, 5) is 0. The first-order valence-corrected chi connectivity index (χ1v) is 13.2. The topological polar surface area (TPSA) is 20.2 Å². The van der Waals surface area contributed by atoms with Crippen molar-refractivity contribution >= 4 is 0 Å². The fraction of sp³-hybridized carbons (Fsp3) is 0.800. The third-order valence-electron chi connectivity index (χ3n) is 10.6. The molecule has 0 unspecified atom stereocenters. The van der Waals surface area contributed by atoms with Crippen LogP contribution in [0.2, 0.25) is 0 Å². The Balaban J connectivity index is 1.52. The average Bonchev–Trinajstić information content (AvgIpc) is 3.21. The van der Waals surface area contributed by atoms with Crippen molar-refractivity contribution in [1.29, 1.82) is 0 Å². The second kappa shape index (κ2) is 8.19. The zero-order valence-corrected chi connectivity index (χ0v) is 21.2. The van der Waals surface area contributed by atoms with Crippen LogP contribution in [0.1, 0.15) is 92.9 Å². The molecule has 4 rings (SSSR count). The number of hydrogen-bond donors (Lipinski definition) is 1. The number of aliphatic hydroxyl groups is 1. The maximum absolute atomic E-state index is 10.4. The van der Waals surface area contributed by atoms with Gasteiger partial charge in [-0.05, 0) is 91.8 Å². The third kappa shape index (κ3) is 3.92. The lowest BCUT2D eigenvalue weighted by molar-refractivity contribution is 0.110. The van der Waals surface area contributed by atoms with E-state index in [1.165, 1.54) is 56.9 Å². The molecule has 0 bridgehead atoms. The molecule has 0 aromatic carbocycles. The number of hydrogen-bond acceptors (Lipinski definition) is 1. The van der Waals surface area contributed by atoms with Crippen LogP contribution in [-0.4, -0.2) is 11.7 Å². The smallest absolute Gasteiger partial charge is 0.0502 e. The van der Waals surface area contributed by atoms with Crippen molar-refractivity contribution < 1.29 is 5.11 Å². The summed E-state index contributed by atoms with van der Waals surface area (Å²) in [6, 6.07) is 0. The van der Waals surface area contributed by atoms with E-state index in [0.29, 0.717) is 35.2 Å². The summed E-state index contributed by atoms with van der Waals surface area (Å²) in [5.41, 5.74) is 4.14. The van der Waals surface area contributed by atoms with Crippen molar-refractivity contribution in [3.8, 4) is 0 Å². The van der Waals surface area contributed by atoms with Gasteiger partial charge in [0.05, 0.1) is 6.61 Å². The number of aliphatic hydroxyl groups excluding tert-OH is 1. The molecule has 1 N–H and O–H groups in total. The maximum atomic E-state index is 10.4. The minimum absolute atomic E-state index is 0.257. The fourth-order valence-corrected chi connectivity index (χ4v) is 7.97. The van der Waals surface area contributed by atoms with Gasteiger partial charge in [-0.15, -0.1) is 0 Å². The van der Waals surface area contributed by atoms with Gasteiger partial charge in [0.25, 0.3) is 0 Å². The zero-order chi connectivity index (χ0) is 22.6. The SMILES string of the molecule is C=C1CC[C@@H]2C[C@]12[C@@H](/C=C1\CCC[C@]2(C)[C@@H]([C@H](C)/C=C/[C@H](C)C(C)(C)C)CC[C@@H]12)CO. The second-order valence-corrected chi connectivity index (χ2v) is 13.1. The minimum atomic E-state index is 0.257. The molecule has 8 atom stereocenters. The van der Waals surface area contributed by atoms with Gasteiger partial charge in [0.1, 0.15) is 0 Å². The second-order valence-electron chi connectivity index (χ2n) is 13.1. The molecule has 0 spiro atoms. The number of allylic oxidation sites excluding steroid dienone is 4. The molecule has 0 aromatic rings. The van der Waals surface area contributed by atoms with Crippen LogP contribution in [-0.2, 0) is 0 Å². The van der Waals surface area contributed by atoms with Gasteiger partial charge >= 0.3 is 0 Å². The van der Waals surface area contributed by atoms with Crippen LogP contribution in [0.15, 0.2) is 36.0 Å².